The van der Waals surface area contributed by atoms with E-state index in [9.17, 15) is 9.90 Å². The predicted octanol–water partition coefficient (Wildman–Crippen LogP) is 0.974. The Morgan fingerprint density at radius 1 is 1.33 bits per heavy atom. The van der Waals surface area contributed by atoms with Crippen LogP contribution in [0.4, 0.5) is 4.79 Å². The van der Waals surface area contributed by atoms with E-state index < -0.39 is 6.09 Å². The lowest BCUT2D eigenvalue weighted by Gasteiger charge is -2.40. The number of rotatable bonds is 3. The quantitative estimate of drug-likeness (QED) is 0.866. The van der Waals surface area contributed by atoms with Crippen LogP contribution in [0.2, 0.25) is 0 Å². The summed E-state index contributed by atoms with van der Waals surface area (Å²) in [6.07, 6.45) is 0.482. The second kappa shape index (κ2) is 5.40. The van der Waals surface area contributed by atoms with Gasteiger partial charge >= 0.3 is 0 Å². The number of nitrogens with zero attached hydrogens (tertiary/aromatic N) is 1. The molecule has 0 spiro atoms. The molecule has 0 saturated carbocycles. The van der Waals surface area contributed by atoms with Crippen molar-refractivity contribution >= 4 is 6.09 Å². The molecule has 0 atom stereocenters. The summed E-state index contributed by atoms with van der Waals surface area (Å²) in [6, 6.07) is 10.3. The number of carbonyl (C=O) groups is 1. The highest BCUT2D eigenvalue weighted by molar-refractivity contribution is 5.63. The summed E-state index contributed by atoms with van der Waals surface area (Å²) in [6.45, 7) is 4.70. The van der Waals surface area contributed by atoms with Gasteiger partial charge in [0.05, 0.1) is 0 Å². The first-order valence-electron chi connectivity index (χ1n) is 6.33. The normalized spacial score (nSPS) is 19.4. The van der Waals surface area contributed by atoms with E-state index in [-0.39, 0.29) is 5.54 Å². The first kappa shape index (κ1) is 12.9. The molecule has 4 heteroatoms. The Labute approximate surface area is 108 Å². The number of benzene rings is 1. The second-order valence-electron chi connectivity index (χ2n) is 5.23. The van der Waals surface area contributed by atoms with Gasteiger partial charge in [-0.3, -0.25) is 4.90 Å². The van der Waals surface area contributed by atoms with Gasteiger partial charge in [0.15, 0.2) is 0 Å². The molecule has 2 rings (SSSR count). The smallest absolute Gasteiger partial charge is 0.134 e. The molecule has 1 fully saturated rings. The molecule has 18 heavy (non-hydrogen) atoms. The molecule has 1 heterocycles. The molecule has 1 aliphatic rings. The fourth-order valence-corrected chi connectivity index (χ4v) is 2.42. The van der Waals surface area contributed by atoms with E-state index in [1.165, 1.54) is 5.56 Å². The van der Waals surface area contributed by atoms with Crippen molar-refractivity contribution in [3.63, 3.8) is 0 Å². The van der Waals surface area contributed by atoms with E-state index in [0.29, 0.717) is 0 Å². The van der Waals surface area contributed by atoms with Gasteiger partial charge in [-0.25, -0.2) is 0 Å². The van der Waals surface area contributed by atoms with Gasteiger partial charge in [-0.15, -0.1) is 0 Å². The molecule has 0 aliphatic carbocycles. The predicted molar refractivity (Wildman–Crippen MR) is 67.9 cm³/mol. The SMILES string of the molecule is CC1(NC(=O)[O-])CCN(Cc2ccccc2)CC1. The molecular formula is C14H19N2O2-. The van der Waals surface area contributed by atoms with Crippen LogP contribution in [-0.4, -0.2) is 29.6 Å². The van der Waals surface area contributed by atoms with Crippen LogP contribution < -0.4 is 10.4 Å². The minimum absolute atomic E-state index is 0.327. The van der Waals surface area contributed by atoms with Gasteiger partial charge < -0.3 is 15.2 Å². The molecule has 1 N–H and O–H groups in total. The number of piperidine rings is 1. The van der Waals surface area contributed by atoms with Gasteiger partial charge in [0, 0.05) is 25.2 Å². The molecule has 0 aromatic heterocycles. The van der Waals surface area contributed by atoms with Crippen LogP contribution in [0.15, 0.2) is 30.3 Å². The van der Waals surface area contributed by atoms with Crippen molar-refractivity contribution in [3.05, 3.63) is 35.9 Å². The lowest BCUT2D eigenvalue weighted by molar-refractivity contribution is -0.253. The third-order valence-corrected chi connectivity index (χ3v) is 3.61. The van der Waals surface area contributed by atoms with Crippen molar-refractivity contribution in [1.29, 1.82) is 0 Å². The number of likely N-dealkylation sites (tertiary alicyclic amines) is 1. The zero-order valence-corrected chi connectivity index (χ0v) is 10.7. The molecular weight excluding hydrogens is 228 g/mol. The van der Waals surface area contributed by atoms with Crippen LogP contribution in [0.5, 0.6) is 0 Å². The van der Waals surface area contributed by atoms with Crippen molar-refractivity contribution in [3.8, 4) is 0 Å². The largest absolute Gasteiger partial charge is 0.530 e. The number of hydrogen-bond acceptors (Lipinski definition) is 3. The Bertz CT molecular complexity index is 398. The van der Waals surface area contributed by atoms with Crippen molar-refractivity contribution in [1.82, 2.24) is 10.2 Å². The summed E-state index contributed by atoms with van der Waals surface area (Å²) in [7, 11) is 0. The highest BCUT2D eigenvalue weighted by Crippen LogP contribution is 2.22. The molecule has 1 aromatic rings. The van der Waals surface area contributed by atoms with E-state index in [0.717, 1.165) is 32.5 Å². The Hall–Kier alpha value is -1.55. The fraction of sp³-hybridized carbons (Fsp3) is 0.500. The number of nitrogens with one attached hydrogen (secondary N) is 1. The molecule has 0 bridgehead atoms. The highest BCUT2D eigenvalue weighted by atomic mass is 16.4. The third-order valence-electron chi connectivity index (χ3n) is 3.61. The number of carbonyl (C=O) groups excluding carboxylic acids is 1. The second-order valence-corrected chi connectivity index (χ2v) is 5.23. The molecule has 0 radical (unpaired) electrons. The Morgan fingerprint density at radius 2 is 1.94 bits per heavy atom. The van der Waals surface area contributed by atoms with E-state index >= 15 is 0 Å². The van der Waals surface area contributed by atoms with Crippen LogP contribution >= 0.6 is 0 Å². The average Bonchev–Trinajstić information content (AvgIpc) is 2.33. The number of amides is 1. The van der Waals surface area contributed by atoms with E-state index in [1.54, 1.807) is 0 Å². The van der Waals surface area contributed by atoms with E-state index in [2.05, 4.69) is 22.3 Å². The third kappa shape index (κ3) is 3.47. The van der Waals surface area contributed by atoms with Crippen LogP contribution in [-0.2, 0) is 6.54 Å². The van der Waals surface area contributed by atoms with Gasteiger partial charge in [-0.05, 0) is 25.3 Å². The molecule has 0 unspecified atom stereocenters. The van der Waals surface area contributed by atoms with Crippen LogP contribution in [0.3, 0.4) is 0 Å². The maximum Gasteiger partial charge on any atom is 0.134 e. The Morgan fingerprint density at radius 3 is 2.50 bits per heavy atom. The van der Waals surface area contributed by atoms with Crippen LogP contribution in [0.25, 0.3) is 0 Å². The van der Waals surface area contributed by atoms with Gasteiger partial charge in [0.2, 0.25) is 0 Å². The molecule has 1 aliphatic heterocycles. The Kier molecular flexibility index (Phi) is 3.87. The summed E-state index contributed by atoms with van der Waals surface area (Å²) in [5, 5.41) is 13.1. The molecule has 98 valence electrons. The van der Waals surface area contributed by atoms with Gasteiger partial charge in [-0.1, -0.05) is 30.3 Å². The summed E-state index contributed by atoms with van der Waals surface area (Å²) in [5.41, 5.74) is 0.973. The summed E-state index contributed by atoms with van der Waals surface area (Å²) >= 11 is 0. The monoisotopic (exact) mass is 247 g/mol. The standard InChI is InChI=1S/C14H20N2O2/c1-14(15-13(17)18)7-9-16(10-8-14)11-12-5-3-2-4-6-12/h2-6,15H,7-11H2,1H3,(H,17,18)/p-1. The number of carboxylic acid groups (broad SMARTS) is 1. The van der Waals surface area contributed by atoms with Gasteiger partial charge in [-0.2, -0.15) is 0 Å². The van der Waals surface area contributed by atoms with E-state index in [1.807, 2.05) is 25.1 Å². The zero-order chi connectivity index (χ0) is 13.0. The lowest BCUT2D eigenvalue weighted by Crippen LogP contribution is -2.56. The van der Waals surface area contributed by atoms with Gasteiger partial charge in [0.1, 0.15) is 6.09 Å². The molecule has 1 saturated heterocycles. The molecule has 1 amide bonds. The summed E-state index contributed by atoms with van der Waals surface area (Å²) < 4.78 is 0. The maximum absolute atomic E-state index is 10.6. The minimum atomic E-state index is -1.17. The summed E-state index contributed by atoms with van der Waals surface area (Å²) in [5.74, 6) is 0. The highest BCUT2D eigenvalue weighted by Gasteiger charge is 2.29. The Balaban J connectivity index is 1.85. The fourth-order valence-electron chi connectivity index (χ4n) is 2.42. The van der Waals surface area contributed by atoms with Crippen LogP contribution in [0, 0.1) is 0 Å². The van der Waals surface area contributed by atoms with Crippen molar-refractivity contribution in [2.75, 3.05) is 13.1 Å². The van der Waals surface area contributed by atoms with Crippen molar-refractivity contribution < 1.29 is 9.90 Å². The topological polar surface area (TPSA) is 55.4 Å². The lowest BCUT2D eigenvalue weighted by atomic mass is 9.89. The molecule has 1 aromatic carbocycles. The first-order chi connectivity index (χ1) is 8.57. The van der Waals surface area contributed by atoms with Crippen molar-refractivity contribution in [2.45, 2.75) is 31.8 Å². The average molecular weight is 247 g/mol. The zero-order valence-electron chi connectivity index (χ0n) is 10.7. The summed E-state index contributed by atoms with van der Waals surface area (Å²) in [4.78, 5) is 13.0. The first-order valence-corrected chi connectivity index (χ1v) is 6.33. The maximum atomic E-state index is 10.6. The van der Waals surface area contributed by atoms with Crippen LogP contribution in [0.1, 0.15) is 25.3 Å². The minimum Gasteiger partial charge on any atom is -0.530 e. The van der Waals surface area contributed by atoms with Crippen molar-refractivity contribution in [2.24, 2.45) is 0 Å². The van der Waals surface area contributed by atoms with E-state index in [4.69, 9.17) is 0 Å². The molecule has 4 nitrogen and oxygen atoms in total. The number of hydrogen-bond donors (Lipinski definition) is 1. The van der Waals surface area contributed by atoms with Gasteiger partial charge in [0.25, 0.3) is 0 Å².